The van der Waals surface area contributed by atoms with Crippen LogP contribution in [0.5, 0.6) is 0 Å². The lowest BCUT2D eigenvalue weighted by Gasteiger charge is -2.30. The number of hydrogen-bond acceptors (Lipinski definition) is 6. The molecular weight excluding hydrogens is 418 g/mol. The second-order valence-electron chi connectivity index (χ2n) is 7.01. The first-order chi connectivity index (χ1) is 14.5. The van der Waals surface area contributed by atoms with Crippen molar-refractivity contribution in [3.8, 4) is 0 Å². The van der Waals surface area contributed by atoms with Gasteiger partial charge in [0.15, 0.2) is 4.34 Å². The number of fused-ring (bicyclic) bond motifs is 1. The minimum atomic E-state index is -0.572. The molecule has 0 spiro atoms. The summed E-state index contributed by atoms with van der Waals surface area (Å²) in [6, 6.07) is 13.0. The number of urea groups is 1. The van der Waals surface area contributed by atoms with Gasteiger partial charge in [0.05, 0.1) is 28.9 Å². The number of nitrogens with zero attached hydrogens (tertiary/aromatic N) is 1. The van der Waals surface area contributed by atoms with Crippen molar-refractivity contribution in [1.82, 2.24) is 15.6 Å². The molecule has 2 N–H and O–H groups in total. The Bertz CT molecular complexity index is 1140. The van der Waals surface area contributed by atoms with Crippen molar-refractivity contribution in [2.24, 2.45) is 0 Å². The Kier molecular flexibility index (Phi) is 5.78. The van der Waals surface area contributed by atoms with Crippen LogP contribution in [0.1, 0.15) is 22.7 Å². The van der Waals surface area contributed by atoms with Gasteiger partial charge < -0.3 is 15.4 Å². The first-order valence-corrected chi connectivity index (χ1v) is 11.2. The van der Waals surface area contributed by atoms with E-state index in [1.807, 2.05) is 56.3 Å². The summed E-state index contributed by atoms with van der Waals surface area (Å²) in [5.74, 6) is -0.0627. The van der Waals surface area contributed by atoms with Crippen LogP contribution in [0.15, 0.2) is 58.1 Å². The number of aryl methyl sites for hydroxylation is 2. The molecular formula is C22H21N3O3S2. The molecule has 2 heterocycles. The lowest BCUT2D eigenvalue weighted by atomic mass is 9.91. The fourth-order valence-corrected chi connectivity index (χ4v) is 5.47. The molecule has 0 unspecified atom stereocenters. The fourth-order valence-electron chi connectivity index (χ4n) is 3.43. The second kappa shape index (κ2) is 8.49. The van der Waals surface area contributed by atoms with Gasteiger partial charge in [-0.15, -0.1) is 11.3 Å². The van der Waals surface area contributed by atoms with Crippen LogP contribution in [0.2, 0.25) is 0 Å². The highest BCUT2D eigenvalue weighted by Gasteiger charge is 2.34. The third-order valence-electron chi connectivity index (χ3n) is 4.92. The molecule has 3 aromatic rings. The van der Waals surface area contributed by atoms with Crippen molar-refractivity contribution < 1.29 is 14.3 Å². The molecule has 8 heteroatoms. The number of nitrogens with one attached hydrogen (secondary N) is 2. The molecule has 0 bridgehead atoms. The normalized spacial score (nSPS) is 16.4. The van der Waals surface area contributed by atoms with E-state index in [2.05, 4.69) is 15.6 Å². The van der Waals surface area contributed by atoms with Crippen LogP contribution >= 0.6 is 23.1 Å². The highest BCUT2D eigenvalue weighted by Crippen LogP contribution is 2.34. The van der Waals surface area contributed by atoms with Gasteiger partial charge in [-0.2, -0.15) is 0 Å². The summed E-state index contributed by atoms with van der Waals surface area (Å²) in [4.78, 5) is 29.8. The average molecular weight is 440 g/mol. The standard InChI is InChI=1S/C22H21N3O3S2/c1-12-8-9-13(2)14(10-12)19-18(20(26)28-3)16(23-21(27)25-19)11-29-22-24-15-6-4-5-7-17(15)30-22/h4-10,19H,11H2,1-3H3,(H2,23,25,27)/t19-/m0/s1. The van der Waals surface area contributed by atoms with Gasteiger partial charge in [-0.3, -0.25) is 0 Å². The zero-order valence-electron chi connectivity index (χ0n) is 16.8. The Labute approximate surface area is 182 Å². The van der Waals surface area contributed by atoms with Crippen molar-refractivity contribution in [3.63, 3.8) is 0 Å². The minimum Gasteiger partial charge on any atom is -0.466 e. The molecule has 1 aliphatic rings. The van der Waals surface area contributed by atoms with Crippen LogP contribution < -0.4 is 10.6 Å². The Morgan fingerprint density at radius 3 is 2.80 bits per heavy atom. The fraction of sp³-hybridized carbons (Fsp3) is 0.227. The van der Waals surface area contributed by atoms with E-state index >= 15 is 0 Å². The Morgan fingerprint density at radius 2 is 2.03 bits per heavy atom. The monoisotopic (exact) mass is 439 g/mol. The number of para-hydroxylation sites is 1. The smallest absolute Gasteiger partial charge is 0.338 e. The maximum absolute atomic E-state index is 12.7. The lowest BCUT2D eigenvalue weighted by Crippen LogP contribution is -2.46. The summed E-state index contributed by atoms with van der Waals surface area (Å²) in [6.07, 6.45) is 0. The number of hydrogen-bond donors (Lipinski definition) is 2. The van der Waals surface area contributed by atoms with Gasteiger partial charge in [0.25, 0.3) is 0 Å². The van der Waals surface area contributed by atoms with E-state index in [1.54, 1.807) is 11.3 Å². The topological polar surface area (TPSA) is 80.3 Å². The first kappa shape index (κ1) is 20.4. The first-order valence-electron chi connectivity index (χ1n) is 9.40. The van der Waals surface area contributed by atoms with Crippen LogP contribution in [0.3, 0.4) is 0 Å². The molecule has 0 fully saturated rings. The molecule has 1 aliphatic heterocycles. The Hall–Kier alpha value is -2.84. The zero-order chi connectivity index (χ0) is 21.3. The van der Waals surface area contributed by atoms with Gasteiger partial charge in [-0.1, -0.05) is 47.7 Å². The predicted octanol–water partition coefficient (Wildman–Crippen LogP) is 4.49. The zero-order valence-corrected chi connectivity index (χ0v) is 18.4. The number of methoxy groups -OCH3 is 1. The molecule has 0 aliphatic carbocycles. The molecule has 0 radical (unpaired) electrons. The Balaban J connectivity index is 1.71. The number of benzene rings is 2. The maximum Gasteiger partial charge on any atom is 0.338 e. The largest absolute Gasteiger partial charge is 0.466 e. The number of thioether (sulfide) groups is 1. The molecule has 30 heavy (non-hydrogen) atoms. The van der Waals surface area contributed by atoms with E-state index in [9.17, 15) is 9.59 Å². The van der Waals surface area contributed by atoms with Crippen molar-refractivity contribution in [3.05, 3.63) is 70.4 Å². The minimum absolute atomic E-state index is 0.339. The molecule has 4 rings (SSSR count). The maximum atomic E-state index is 12.7. The van der Waals surface area contributed by atoms with Gasteiger partial charge in [-0.05, 0) is 37.1 Å². The number of ether oxygens (including phenoxy) is 1. The van der Waals surface area contributed by atoms with Gasteiger partial charge in [0.2, 0.25) is 0 Å². The van der Waals surface area contributed by atoms with Crippen molar-refractivity contribution in [2.75, 3.05) is 12.9 Å². The molecule has 154 valence electrons. The highest BCUT2D eigenvalue weighted by molar-refractivity contribution is 8.01. The van der Waals surface area contributed by atoms with E-state index in [-0.39, 0.29) is 6.03 Å². The Morgan fingerprint density at radius 1 is 1.23 bits per heavy atom. The van der Waals surface area contributed by atoms with Gasteiger partial charge in [0, 0.05) is 11.4 Å². The van der Waals surface area contributed by atoms with E-state index in [4.69, 9.17) is 4.74 Å². The molecule has 0 saturated heterocycles. The quantitative estimate of drug-likeness (QED) is 0.452. The predicted molar refractivity (Wildman–Crippen MR) is 120 cm³/mol. The summed E-state index contributed by atoms with van der Waals surface area (Å²) in [5, 5.41) is 5.69. The lowest BCUT2D eigenvalue weighted by molar-refractivity contribution is -0.136. The second-order valence-corrected chi connectivity index (χ2v) is 9.26. The number of aromatic nitrogens is 1. The third-order valence-corrected chi connectivity index (χ3v) is 7.12. The molecule has 2 amide bonds. The summed E-state index contributed by atoms with van der Waals surface area (Å²) >= 11 is 3.08. The number of carbonyl (C=O) groups excluding carboxylic acids is 2. The number of amides is 2. The van der Waals surface area contributed by atoms with Gasteiger partial charge in [0.1, 0.15) is 0 Å². The number of carbonyl (C=O) groups is 2. The van der Waals surface area contributed by atoms with Crippen LogP contribution in [-0.4, -0.2) is 29.8 Å². The van der Waals surface area contributed by atoms with E-state index in [0.717, 1.165) is 31.2 Å². The van der Waals surface area contributed by atoms with Gasteiger partial charge >= 0.3 is 12.0 Å². The summed E-state index contributed by atoms with van der Waals surface area (Å²) in [5.41, 5.74) is 4.83. The summed E-state index contributed by atoms with van der Waals surface area (Å²) in [6.45, 7) is 3.95. The molecule has 2 aromatic carbocycles. The average Bonchev–Trinajstić information content (AvgIpc) is 3.16. The number of rotatable bonds is 5. The number of esters is 1. The van der Waals surface area contributed by atoms with E-state index < -0.39 is 12.0 Å². The van der Waals surface area contributed by atoms with Crippen LogP contribution in [0.25, 0.3) is 10.2 Å². The molecule has 1 aromatic heterocycles. The van der Waals surface area contributed by atoms with Crippen LogP contribution in [0, 0.1) is 13.8 Å². The molecule has 1 atom stereocenters. The SMILES string of the molecule is COC(=O)C1=C(CSc2nc3ccccc3s2)NC(=O)N[C@H]1c1cc(C)ccc1C. The number of thiazole rings is 1. The summed E-state index contributed by atoms with van der Waals surface area (Å²) < 4.78 is 7.05. The molecule has 0 saturated carbocycles. The van der Waals surface area contributed by atoms with Gasteiger partial charge in [-0.25, -0.2) is 14.6 Å². The van der Waals surface area contributed by atoms with Crippen LogP contribution in [0.4, 0.5) is 4.79 Å². The molecule has 6 nitrogen and oxygen atoms in total. The third kappa shape index (κ3) is 4.06. The van der Waals surface area contributed by atoms with Crippen molar-refractivity contribution >= 4 is 45.3 Å². The van der Waals surface area contributed by atoms with Crippen molar-refractivity contribution in [1.29, 1.82) is 0 Å². The highest BCUT2D eigenvalue weighted by atomic mass is 32.2. The van der Waals surface area contributed by atoms with Crippen molar-refractivity contribution in [2.45, 2.75) is 24.2 Å². The van der Waals surface area contributed by atoms with E-state index in [0.29, 0.717) is 17.0 Å². The van der Waals surface area contributed by atoms with E-state index in [1.165, 1.54) is 18.9 Å². The summed E-state index contributed by atoms with van der Waals surface area (Å²) in [7, 11) is 1.35. The van der Waals surface area contributed by atoms with Crippen LogP contribution in [-0.2, 0) is 9.53 Å².